The van der Waals surface area contributed by atoms with Crippen LogP contribution in [0.5, 0.6) is 11.5 Å². The molecule has 0 spiro atoms. The summed E-state index contributed by atoms with van der Waals surface area (Å²) in [6.07, 6.45) is 9.77. The van der Waals surface area contributed by atoms with Crippen LogP contribution in [0.1, 0.15) is 109 Å². The number of ether oxygens (including phenoxy) is 5. The van der Waals surface area contributed by atoms with Gasteiger partial charge in [0.25, 0.3) is 0 Å². The topological polar surface area (TPSA) is 170 Å². The maximum Gasteiger partial charge on any atom is 0.410 e. The molecule has 6 rings (SSSR count). The zero-order chi connectivity index (χ0) is 46.7. The molecule has 2 saturated heterocycles. The van der Waals surface area contributed by atoms with Gasteiger partial charge in [0.2, 0.25) is 0 Å². The molecule has 2 aliphatic heterocycles. The van der Waals surface area contributed by atoms with Gasteiger partial charge in [-0.2, -0.15) is 0 Å². The zero-order valence-electron chi connectivity index (χ0n) is 38.5. The molecule has 0 radical (unpaired) electrons. The van der Waals surface area contributed by atoms with Gasteiger partial charge in [-0.25, -0.2) is 9.59 Å². The second-order valence-electron chi connectivity index (χ2n) is 17.3. The van der Waals surface area contributed by atoms with Crippen molar-refractivity contribution in [3.8, 4) is 23.3 Å². The van der Waals surface area contributed by atoms with Gasteiger partial charge >= 0.3 is 18.2 Å². The highest BCUT2D eigenvalue weighted by Crippen LogP contribution is 2.24. The number of rotatable bonds is 12. The summed E-state index contributed by atoms with van der Waals surface area (Å²) >= 11 is 0. The normalized spacial score (nSPS) is 15.0. The van der Waals surface area contributed by atoms with Crippen LogP contribution in [0.15, 0.2) is 85.5 Å². The largest absolute Gasteiger partial charge is 0.490 e. The Labute approximate surface area is 385 Å². The molecule has 14 heteroatoms. The summed E-state index contributed by atoms with van der Waals surface area (Å²) in [7, 11) is 0. The highest BCUT2D eigenvalue weighted by Gasteiger charge is 2.36. The van der Waals surface area contributed by atoms with Crippen molar-refractivity contribution < 1.29 is 48.3 Å². The minimum atomic E-state index is -0.508. The number of amides is 2. The highest BCUT2D eigenvalue weighted by molar-refractivity contribution is 5.70. The number of aryl methyl sites for hydroxylation is 2. The van der Waals surface area contributed by atoms with Crippen molar-refractivity contribution in [3.05, 3.63) is 119 Å². The maximum atomic E-state index is 12.2. The summed E-state index contributed by atoms with van der Waals surface area (Å²) in [6.45, 7) is 17.1. The van der Waals surface area contributed by atoms with Crippen molar-refractivity contribution >= 4 is 18.2 Å². The number of hydrogen-bond acceptors (Lipinski definition) is 12. The van der Waals surface area contributed by atoms with Gasteiger partial charge in [0.1, 0.15) is 35.9 Å². The standard InChI is InChI=1S/C23H30N2O4.C23H26N2O4.C4H8O2.CH4/c2*1-23(2,3)29-22(27)25-10-9-20(25)16-28-21-12-18(13-24-14-21)8-7-17-5-4-6-19(11-17)15-26;1-3-6-4(2)5;/h4-6,11-14,20,26H,7-10,15-16H2,1-3H3;4-6,11-14,20,26H,9-10,15-16H2,1-3H3;3H2,1-2H3;1H4/t2*20-;;/m00../s1. The van der Waals surface area contributed by atoms with E-state index < -0.39 is 11.2 Å². The Morgan fingerprint density at radius 1 is 0.662 bits per heavy atom. The molecule has 2 aliphatic rings. The fourth-order valence-electron chi connectivity index (χ4n) is 6.25. The van der Waals surface area contributed by atoms with Crippen LogP contribution in [0, 0.1) is 11.8 Å². The Balaban J connectivity index is 0.000000303. The van der Waals surface area contributed by atoms with Crippen LogP contribution in [0.3, 0.4) is 0 Å². The third-order valence-corrected chi connectivity index (χ3v) is 9.60. The van der Waals surface area contributed by atoms with Gasteiger partial charge in [-0.15, -0.1) is 0 Å². The minimum absolute atomic E-state index is 0. The molecular weight excluding hydrogens is 829 g/mol. The molecule has 0 unspecified atom stereocenters. The number of aromatic nitrogens is 2. The van der Waals surface area contributed by atoms with Crippen molar-refractivity contribution in [2.75, 3.05) is 32.9 Å². The first-order valence-corrected chi connectivity index (χ1v) is 21.6. The molecule has 2 fully saturated rings. The Morgan fingerprint density at radius 2 is 1.15 bits per heavy atom. The summed E-state index contributed by atoms with van der Waals surface area (Å²) in [4.78, 5) is 46.1. The van der Waals surface area contributed by atoms with E-state index in [1.54, 1.807) is 35.3 Å². The third-order valence-electron chi connectivity index (χ3n) is 9.60. The lowest BCUT2D eigenvalue weighted by molar-refractivity contribution is -0.140. The van der Waals surface area contributed by atoms with Crippen LogP contribution >= 0.6 is 0 Å². The van der Waals surface area contributed by atoms with E-state index in [1.165, 1.54) is 12.5 Å². The van der Waals surface area contributed by atoms with E-state index in [0.29, 0.717) is 44.4 Å². The average Bonchev–Trinajstić information content (AvgIpc) is 3.21. The van der Waals surface area contributed by atoms with Crippen LogP contribution in [0.2, 0.25) is 0 Å². The van der Waals surface area contributed by atoms with Crippen molar-refractivity contribution in [2.45, 2.75) is 125 Å². The van der Waals surface area contributed by atoms with E-state index >= 15 is 0 Å². The molecule has 4 heterocycles. The number of aliphatic hydroxyl groups excluding tert-OH is 2. The van der Waals surface area contributed by atoms with Gasteiger partial charge < -0.3 is 43.7 Å². The number of carbonyl (C=O) groups is 3. The first-order chi connectivity index (χ1) is 30.4. The number of pyridine rings is 2. The average molecular weight is 897 g/mol. The number of nitrogens with zero attached hydrogens (tertiary/aromatic N) is 4. The van der Waals surface area contributed by atoms with E-state index in [9.17, 15) is 24.6 Å². The number of aliphatic hydroxyl groups is 2. The van der Waals surface area contributed by atoms with E-state index in [-0.39, 0.29) is 50.9 Å². The molecule has 2 aromatic heterocycles. The van der Waals surface area contributed by atoms with Gasteiger partial charge in [-0.05, 0) is 121 Å². The monoisotopic (exact) mass is 896 g/mol. The fraction of sp³-hybridized carbons (Fsp3) is 0.471. The Kier molecular flexibility index (Phi) is 21.2. The van der Waals surface area contributed by atoms with Crippen LogP contribution < -0.4 is 9.47 Å². The van der Waals surface area contributed by atoms with Crippen molar-refractivity contribution in [2.24, 2.45) is 0 Å². The zero-order valence-corrected chi connectivity index (χ0v) is 38.5. The lowest BCUT2D eigenvalue weighted by atomic mass is 10.0. The summed E-state index contributed by atoms with van der Waals surface area (Å²) in [5.74, 6) is 7.24. The van der Waals surface area contributed by atoms with Crippen LogP contribution in [0.4, 0.5) is 9.59 Å². The van der Waals surface area contributed by atoms with E-state index in [4.69, 9.17) is 18.9 Å². The molecule has 14 nitrogen and oxygen atoms in total. The van der Waals surface area contributed by atoms with Crippen molar-refractivity contribution in [3.63, 3.8) is 0 Å². The van der Waals surface area contributed by atoms with E-state index in [1.807, 2.05) is 102 Å². The molecule has 2 N–H and O–H groups in total. The van der Waals surface area contributed by atoms with Crippen LogP contribution in [-0.2, 0) is 45.1 Å². The van der Waals surface area contributed by atoms with Gasteiger partial charge in [0.05, 0.1) is 44.3 Å². The Hall–Kier alpha value is -6.17. The molecular formula is C51H68N4O10. The molecule has 352 valence electrons. The van der Waals surface area contributed by atoms with Gasteiger partial charge in [-0.3, -0.25) is 14.8 Å². The smallest absolute Gasteiger partial charge is 0.410 e. The molecule has 0 aliphatic carbocycles. The quantitative estimate of drug-likeness (QED) is 0.0794. The summed E-state index contributed by atoms with van der Waals surface area (Å²) in [5.41, 5.74) is 4.58. The first-order valence-electron chi connectivity index (χ1n) is 21.6. The summed E-state index contributed by atoms with van der Waals surface area (Å²) in [6, 6.07) is 19.3. The number of esters is 1. The predicted octanol–water partition coefficient (Wildman–Crippen LogP) is 8.31. The third kappa shape index (κ3) is 19.2. The molecule has 2 amide bonds. The molecule has 2 atom stereocenters. The van der Waals surface area contributed by atoms with Crippen molar-refractivity contribution in [1.29, 1.82) is 0 Å². The van der Waals surface area contributed by atoms with Crippen LogP contribution in [-0.4, -0.2) is 104 Å². The Bertz CT molecular complexity index is 2190. The fourth-order valence-corrected chi connectivity index (χ4v) is 6.25. The molecule has 0 saturated carbocycles. The van der Waals surface area contributed by atoms with E-state index in [0.717, 1.165) is 53.5 Å². The second-order valence-corrected chi connectivity index (χ2v) is 17.3. The summed E-state index contributed by atoms with van der Waals surface area (Å²) < 4.78 is 27.0. The second kappa shape index (κ2) is 26.0. The maximum absolute atomic E-state index is 12.2. The van der Waals surface area contributed by atoms with Crippen LogP contribution in [0.25, 0.3) is 0 Å². The Morgan fingerprint density at radius 3 is 1.65 bits per heavy atom. The number of benzene rings is 2. The van der Waals surface area contributed by atoms with Gasteiger partial charge in [0, 0.05) is 43.5 Å². The molecule has 0 bridgehead atoms. The van der Waals surface area contributed by atoms with Gasteiger partial charge in [0.15, 0.2) is 0 Å². The van der Waals surface area contributed by atoms with Crippen molar-refractivity contribution in [1.82, 2.24) is 19.8 Å². The predicted molar refractivity (Wildman–Crippen MR) is 249 cm³/mol. The molecule has 65 heavy (non-hydrogen) atoms. The molecule has 4 aromatic rings. The lowest BCUT2D eigenvalue weighted by Crippen LogP contribution is -2.55. The lowest BCUT2D eigenvalue weighted by Gasteiger charge is -2.40. The number of carbonyl (C=O) groups excluding carboxylic acids is 3. The minimum Gasteiger partial charge on any atom is -0.490 e. The van der Waals surface area contributed by atoms with E-state index in [2.05, 4.69) is 32.6 Å². The first kappa shape index (κ1) is 53.2. The summed E-state index contributed by atoms with van der Waals surface area (Å²) in [5, 5.41) is 18.5. The number of likely N-dealkylation sites (tertiary alicyclic amines) is 2. The van der Waals surface area contributed by atoms with Gasteiger partial charge in [-0.1, -0.05) is 55.7 Å². The SMILES string of the molecule is C.CC(C)(C)OC(=O)N1CC[C@H]1COc1cncc(C#Cc2cccc(CO)c2)c1.CC(C)(C)OC(=O)N1CC[C@H]1COc1cncc(CCc2cccc(CO)c2)c1.CCOC(C)=O. The highest BCUT2D eigenvalue weighted by atomic mass is 16.6. The number of hydrogen-bond donors (Lipinski definition) is 2. The molecule has 2 aromatic carbocycles.